The first-order chi connectivity index (χ1) is 12.7. The number of anilines is 2. The normalized spacial score (nSPS) is 10.2. The number of carbonyl (C=O) groups is 1. The molecule has 1 amide bonds. The van der Waals surface area contributed by atoms with Crippen LogP contribution >= 0.6 is 0 Å². The summed E-state index contributed by atoms with van der Waals surface area (Å²) in [5.74, 6) is 1.46. The molecular formula is C21H21N3O2. The lowest BCUT2D eigenvalue weighted by atomic mass is 10.1. The van der Waals surface area contributed by atoms with Crippen molar-refractivity contribution in [2.45, 2.75) is 13.0 Å². The molecule has 3 aromatic rings. The number of methoxy groups -OCH3 is 1. The number of aromatic nitrogens is 1. The minimum absolute atomic E-state index is 0.0815. The van der Waals surface area contributed by atoms with Gasteiger partial charge in [0.25, 0.3) is 0 Å². The molecule has 0 atom stereocenters. The van der Waals surface area contributed by atoms with Gasteiger partial charge in [-0.15, -0.1) is 0 Å². The van der Waals surface area contributed by atoms with Crippen LogP contribution in [0, 0.1) is 0 Å². The van der Waals surface area contributed by atoms with Crippen LogP contribution in [0.25, 0.3) is 0 Å². The molecular weight excluding hydrogens is 326 g/mol. The number of rotatable bonds is 7. The van der Waals surface area contributed by atoms with Gasteiger partial charge in [-0.3, -0.25) is 4.79 Å². The van der Waals surface area contributed by atoms with E-state index in [0.29, 0.717) is 18.7 Å². The van der Waals surface area contributed by atoms with Crippen LogP contribution in [0.1, 0.15) is 11.1 Å². The molecule has 26 heavy (non-hydrogen) atoms. The van der Waals surface area contributed by atoms with Crippen molar-refractivity contribution in [3.05, 3.63) is 84.1 Å². The predicted octanol–water partition coefficient (Wildman–Crippen LogP) is 3.88. The molecule has 1 aromatic heterocycles. The van der Waals surface area contributed by atoms with Gasteiger partial charge in [-0.25, -0.2) is 4.98 Å². The van der Waals surface area contributed by atoms with E-state index in [0.717, 1.165) is 17.1 Å². The maximum Gasteiger partial charge on any atom is 0.228 e. The van der Waals surface area contributed by atoms with Crippen LogP contribution in [0.4, 0.5) is 11.5 Å². The van der Waals surface area contributed by atoms with Gasteiger partial charge in [0.1, 0.15) is 11.6 Å². The fourth-order valence-corrected chi connectivity index (χ4v) is 2.49. The van der Waals surface area contributed by atoms with Crippen LogP contribution in [0.2, 0.25) is 0 Å². The molecule has 0 aliphatic heterocycles. The van der Waals surface area contributed by atoms with Crippen LogP contribution in [-0.2, 0) is 17.8 Å². The number of pyridine rings is 1. The molecule has 0 saturated heterocycles. The Balaban J connectivity index is 1.50. The molecule has 0 bridgehead atoms. The zero-order chi connectivity index (χ0) is 18.2. The van der Waals surface area contributed by atoms with Gasteiger partial charge in [-0.05, 0) is 35.4 Å². The molecule has 5 nitrogen and oxygen atoms in total. The standard InChI is InChI=1S/C21H21N3O2/c1-26-19-10-7-16(8-11-19)13-21(25)24-18-9-12-20(23-15-18)22-14-17-5-3-2-4-6-17/h2-12,15H,13-14H2,1H3,(H,22,23)(H,24,25). The zero-order valence-corrected chi connectivity index (χ0v) is 14.6. The summed E-state index contributed by atoms with van der Waals surface area (Å²) in [5.41, 5.74) is 2.79. The lowest BCUT2D eigenvalue weighted by Gasteiger charge is -2.08. The van der Waals surface area contributed by atoms with Crippen molar-refractivity contribution in [2.24, 2.45) is 0 Å². The van der Waals surface area contributed by atoms with E-state index in [-0.39, 0.29) is 5.91 Å². The first-order valence-corrected chi connectivity index (χ1v) is 8.39. The van der Waals surface area contributed by atoms with Gasteiger partial charge in [-0.1, -0.05) is 42.5 Å². The third kappa shape index (κ3) is 5.08. The maximum absolute atomic E-state index is 12.1. The van der Waals surface area contributed by atoms with Gasteiger partial charge >= 0.3 is 0 Å². The third-order valence-corrected chi connectivity index (χ3v) is 3.89. The fraction of sp³-hybridized carbons (Fsp3) is 0.143. The molecule has 2 aromatic carbocycles. The summed E-state index contributed by atoms with van der Waals surface area (Å²) in [6.07, 6.45) is 1.96. The van der Waals surface area contributed by atoms with Crippen molar-refractivity contribution in [3.63, 3.8) is 0 Å². The number of hydrogen-bond donors (Lipinski definition) is 2. The molecule has 3 rings (SSSR count). The van der Waals surface area contributed by atoms with E-state index < -0.39 is 0 Å². The Bertz CT molecular complexity index is 831. The SMILES string of the molecule is COc1ccc(CC(=O)Nc2ccc(NCc3ccccc3)nc2)cc1. The number of nitrogens with zero attached hydrogens (tertiary/aromatic N) is 1. The van der Waals surface area contributed by atoms with Crippen molar-refractivity contribution >= 4 is 17.4 Å². The molecule has 0 fully saturated rings. The highest BCUT2D eigenvalue weighted by Crippen LogP contribution is 2.14. The summed E-state index contributed by atoms with van der Waals surface area (Å²) in [7, 11) is 1.62. The van der Waals surface area contributed by atoms with Gasteiger partial charge < -0.3 is 15.4 Å². The van der Waals surface area contributed by atoms with Crippen LogP contribution in [0.15, 0.2) is 72.9 Å². The van der Waals surface area contributed by atoms with Gasteiger partial charge in [0, 0.05) is 6.54 Å². The molecule has 0 aliphatic rings. The number of carbonyl (C=O) groups excluding carboxylic acids is 1. The topological polar surface area (TPSA) is 63.2 Å². The average Bonchev–Trinajstić information content (AvgIpc) is 2.69. The van der Waals surface area contributed by atoms with Crippen molar-refractivity contribution in [2.75, 3.05) is 17.7 Å². The molecule has 0 aliphatic carbocycles. The second-order valence-corrected chi connectivity index (χ2v) is 5.84. The average molecular weight is 347 g/mol. The molecule has 0 radical (unpaired) electrons. The Kier molecular flexibility index (Phi) is 5.83. The quantitative estimate of drug-likeness (QED) is 0.681. The summed E-state index contributed by atoms with van der Waals surface area (Å²) in [4.78, 5) is 16.5. The third-order valence-electron chi connectivity index (χ3n) is 3.89. The van der Waals surface area contributed by atoms with Gasteiger partial charge in [-0.2, -0.15) is 0 Å². The van der Waals surface area contributed by atoms with E-state index in [9.17, 15) is 4.79 Å². The molecule has 132 valence electrons. The van der Waals surface area contributed by atoms with E-state index >= 15 is 0 Å². The zero-order valence-electron chi connectivity index (χ0n) is 14.6. The Morgan fingerprint density at radius 1 is 0.962 bits per heavy atom. The van der Waals surface area contributed by atoms with E-state index in [4.69, 9.17) is 4.74 Å². The minimum Gasteiger partial charge on any atom is -0.497 e. The Morgan fingerprint density at radius 3 is 2.38 bits per heavy atom. The Hall–Kier alpha value is -3.34. The Labute approximate surface area is 153 Å². The number of nitrogens with one attached hydrogen (secondary N) is 2. The molecule has 1 heterocycles. The van der Waals surface area contributed by atoms with Gasteiger partial charge in [0.05, 0.1) is 25.4 Å². The highest BCUT2D eigenvalue weighted by atomic mass is 16.5. The number of benzene rings is 2. The summed E-state index contributed by atoms with van der Waals surface area (Å²) in [5, 5.41) is 6.12. The largest absolute Gasteiger partial charge is 0.497 e. The van der Waals surface area contributed by atoms with Crippen molar-refractivity contribution in [1.82, 2.24) is 4.98 Å². The summed E-state index contributed by atoms with van der Waals surface area (Å²) >= 11 is 0. The van der Waals surface area contributed by atoms with Crippen molar-refractivity contribution in [3.8, 4) is 5.75 Å². The molecule has 0 unspecified atom stereocenters. The predicted molar refractivity (Wildman–Crippen MR) is 103 cm³/mol. The van der Waals surface area contributed by atoms with Crippen LogP contribution in [0.3, 0.4) is 0 Å². The molecule has 2 N–H and O–H groups in total. The summed E-state index contributed by atoms with van der Waals surface area (Å²) in [6, 6.07) is 21.3. The highest BCUT2D eigenvalue weighted by Gasteiger charge is 2.05. The van der Waals surface area contributed by atoms with E-state index in [1.165, 1.54) is 5.56 Å². The Morgan fingerprint density at radius 2 is 1.73 bits per heavy atom. The minimum atomic E-state index is -0.0815. The van der Waals surface area contributed by atoms with Crippen molar-refractivity contribution < 1.29 is 9.53 Å². The first-order valence-electron chi connectivity index (χ1n) is 8.39. The van der Waals surface area contributed by atoms with E-state index in [2.05, 4.69) is 27.8 Å². The van der Waals surface area contributed by atoms with Crippen molar-refractivity contribution in [1.29, 1.82) is 0 Å². The first kappa shape index (κ1) is 17.5. The van der Waals surface area contributed by atoms with E-state index in [1.54, 1.807) is 13.3 Å². The van der Waals surface area contributed by atoms with Crippen LogP contribution in [0.5, 0.6) is 5.75 Å². The second kappa shape index (κ2) is 8.67. The number of amides is 1. The monoisotopic (exact) mass is 347 g/mol. The number of ether oxygens (including phenoxy) is 1. The molecule has 5 heteroatoms. The summed E-state index contributed by atoms with van der Waals surface area (Å²) < 4.78 is 5.11. The smallest absolute Gasteiger partial charge is 0.228 e. The van der Waals surface area contributed by atoms with Gasteiger partial charge in [0.15, 0.2) is 0 Å². The fourth-order valence-electron chi connectivity index (χ4n) is 2.49. The summed E-state index contributed by atoms with van der Waals surface area (Å²) in [6.45, 7) is 0.705. The molecule has 0 saturated carbocycles. The second-order valence-electron chi connectivity index (χ2n) is 5.84. The lowest BCUT2D eigenvalue weighted by molar-refractivity contribution is -0.115. The van der Waals surface area contributed by atoms with Crippen LogP contribution in [-0.4, -0.2) is 18.0 Å². The molecule has 0 spiro atoms. The maximum atomic E-state index is 12.1. The number of hydrogen-bond acceptors (Lipinski definition) is 4. The lowest BCUT2D eigenvalue weighted by Crippen LogP contribution is -2.14. The highest BCUT2D eigenvalue weighted by molar-refractivity contribution is 5.92. The van der Waals surface area contributed by atoms with Crippen LogP contribution < -0.4 is 15.4 Å². The van der Waals surface area contributed by atoms with E-state index in [1.807, 2.05) is 54.6 Å². The van der Waals surface area contributed by atoms with Gasteiger partial charge in [0.2, 0.25) is 5.91 Å².